The molecule has 142 valence electrons. The van der Waals surface area contributed by atoms with E-state index in [4.69, 9.17) is 4.74 Å². The second-order valence-electron chi connectivity index (χ2n) is 6.78. The molecule has 0 radical (unpaired) electrons. The van der Waals surface area contributed by atoms with Gasteiger partial charge >= 0.3 is 6.03 Å². The second kappa shape index (κ2) is 8.08. The van der Waals surface area contributed by atoms with Crippen molar-refractivity contribution in [2.45, 2.75) is 19.4 Å². The van der Waals surface area contributed by atoms with Crippen molar-refractivity contribution in [3.8, 4) is 5.88 Å². The number of rotatable bonds is 4. The minimum Gasteiger partial charge on any atom is -0.471 e. The molecule has 0 spiro atoms. The van der Waals surface area contributed by atoms with Gasteiger partial charge in [0, 0.05) is 19.0 Å². The summed E-state index contributed by atoms with van der Waals surface area (Å²) in [6.45, 7) is 3.04. The maximum Gasteiger partial charge on any atom is 0.329 e. The van der Waals surface area contributed by atoms with Crippen LogP contribution in [0.2, 0.25) is 0 Å². The number of hydrogen-bond acceptors (Lipinski definition) is 4. The quantitative estimate of drug-likeness (QED) is 0.687. The number of amides is 2. The van der Waals surface area contributed by atoms with E-state index in [0.29, 0.717) is 19.0 Å². The Morgan fingerprint density at radius 1 is 0.964 bits per heavy atom. The Hall–Kier alpha value is -3.41. The Bertz CT molecular complexity index is 877. The highest BCUT2D eigenvalue weighted by Gasteiger charge is 2.32. The van der Waals surface area contributed by atoms with Gasteiger partial charge in [-0.05, 0) is 37.3 Å². The number of para-hydroxylation sites is 2. The van der Waals surface area contributed by atoms with Gasteiger partial charge < -0.3 is 9.64 Å². The zero-order valence-corrected chi connectivity index (χ0v) is 15.7. The first-order valence-electron chi connectivity index (χ1n) is 9.37. The molecular formula is C22H22N4O2. The molecule has 4 rings (SSSR count). The van der Waals surface area contributed by atoms with Crippen LogP contribution in [0.1, 0.15) is 12.1 Å². The first-order valence-corrected chi connectivity index (χ1v) is 9.37. The Kier molecular flexibility index (Phi) is 5.19. The highest BCUT2D eigenvalue weighted by atomic mass is 16.5. The molecule has 0 aliphatic carbocycles. The Morgan fingerprint density at radius 2 is 1.61 bits per heavy atom. The van der Waals surface area contributed by atoms with E-state index in [-0.39, 0.29) is 12.1 Å². The standard InChI is InChI=1S/C22H22N4O2/c1-17-12-13-21(24-23-17)28-20-14-15-25(16-20)22(27)26(18-8-4-2-5-9-18)19-10-6-3-7-11-19/h2-13,20H,14-16H2,1H3. The van der Waals surface area contributed by atoms with Crippen LogP contribution in [0, 0.1) is 6.92 Å². The smallest absolute Gasteiger partial charge is 0.329 e. The van der Waals surface area contributed by atoms with Crippen LogP contribution in [0.4, 0.5) is 16.2 Å². The number of carbonyl (C=O) groups is 1. The minimum absolute atomic E-state index is 0.0570. The predicted molar refractivity (Wildman–Crippen MR) is 108 cm³/mol. The van der Waals surface area contributed by atoms with Gasteiger partial charge in [0.15, 0.2) is 0 Å². The minimum atomic E-state index is -0.0886. The van der Waals surface area contributed by atoms with Crippen molar-refractivity contribution < 1.29 is 9.53 Å². The first kappa shape index (κ1) is 18.0. The number of nitrogens with zero attached hydrogens (tertiary/aromatic N) is 4. The number of likely N-dealkylation sites (tertiary alicyclic amines) is 1. The van der Waals surface area contributed by atoms with Crippen LogP contribution in [0.5, 0.6) is 5.88 Å². The molecule has 1 unspecified atom stereocenters. The van der Waals surface area contributed by atoms with Crippen molar-refractivity contribution >= 4 is 17.4 Å². The predicted octanol–water partition coefficient (Wildman–Crippen LogP) is 4.20. The third-order valence-corrected chi connectivity index (χ3v) is 4.70. The third-order valence-electron chi connectivity index (χ3n) is 4.70. The summed E-state index contributed by atoms with van der Waals surface area (Å²) in [6, 6.07) is 23.0. The highest BCUT2D eigenvalue weighted by molar-refractivity contribution is 5.99. The molecule has 1 saturated heterocycles. The molecule has 2 heterocycles. The maximum absolute atomic E-state index is 13.4. The summed E-state index contributed by atoms with van der Waals surface area (Å²) in [5.74, 6) is 0.493. The van der Waals surface area contributed by atoms with E-state index in [9.17, 15) is 4.79 Å². The molecular weight excluding hydrogens is 352 g/mol. The Labute approximate surface area is 164 Å². The topological polar surface area (TPSA) is 58.6 Å². The van der Waals surface area contributed by atoms with E-state index in [1.807, 2.05) is 84.6 Å². The fourth-order valence-electron chi connectivity index (χ4n) is 3.28. The van der Waals surface area contributed by atoms with Crippen LogP contribution < -0.4 is 9.64 Å². The number of hydrogen-bond donors (Lipinski definition) is 0. The lowest BCUT2D eigenvalue weighted by atomic mass is 10.2. The number of anilines is 2. The Morgan fingerprint density at radius 3 is 2.18 bits per heavy atom. The fraction of sp³-hybridized carbons (Fsp3) is 0.227. The summed E-state index contributed by atoms with van der Waals surface area (Å²) in [6.07, 6.45) is 0.674. The number of aryl methyl sites for hydroxylation is 1. The largest absolute Gasteiger partial charge is 0.471 e. The molecule has 3 aromatic rings. The Balaban J connectivity index is 1.51. The number of urea groups is 1. The molecule has 0 N–H and O–H groups in total. The maximum atomic E-state index is 13.4. The van der Waals surface area contributed by atoms with E-state index < -0.39 is 0 Å². The molecule has 6 nitrogen and oxygen atoms in total. The van der Waals surface area contributed by atoms with E-state index in [1.165, 1.54) is 0 Å². The van der Waals surface area contributed by atoms with E-state index in [0.717, 1.165) is 23.5 Å². The summed E-state index contributed by atoms with van der Waals surface area (Å²) in [5.41, 5.74) is 2.52. The monoisotopic (exact) mass is 374 g/mol. The van der Waals surface area contributed by atoms with Gasteiger partial charge in [0.2, 0.25) is 5.88 Å². The molecule has 2 amide bonds. The first-order chi connectivity index (χ1) is 13.7. The molecule has 1 aromatic heterocycles. The molecule has 6 heteroatoms. The van der Waals surface area contributed by atoms with Crippen LogP contribution in [0.25, 0.3) is 0 Å². The van der Waals surface area contributed by atoms with Gasteiger partial charge in [-0.25, -0.2) is 4.79 Å². The fourth-order valence-corrected chi connectivity index (χ4v) is 3.28. The number of carbonyl (C=O) groups excluding carboxylic acids is 1. The molecule has 2 aromatic carbocycles. The molecule has 28 heavy (non-hydrogen) atoms. The number of aromatic nitrogens is 2. The van der Waals surface area contributed by atoms with Gasteiger partial charge in [-0.1, -0.05) is 36.4 Å². The highest BCUT2D eigenvalue weighted by Crippen LogP contribution is 2.28. The summed E-state index contributed by atoms with van der Waals surface area (Å²) >= 11 is 0. The van der Waals surface area contributed by atoms with Crippen LogP contribution >= 0.6 is 0 Å². The van der Waals surface area contributed by atoms with Gasteiger partial charge in [-0.3, -0.25) is 4.90 Å². The number of benzene rings is 2. The van der Waals surface area contributed by atoms with Crippen molar-refractivity contribution in [1.29, 1.82) is 0 Å². The van der Waals surface area contributed by atoms with Crippen molar-refractivity contribution in [2.75, 3.05) is 18.0 Å². The lowest BCUT2D eigenvalue weighted by Crippen LogP contribution is -2.40. The van der Waals surface area contributed by atoms with Crippen molar-refractivity contribution in [3.63, 3.8) is 0 Å². The third kappa shape index (κ3) is 3.96. The number of ether oxygens (including phenoxy) is 1. The van der Waals surface area contributed by atoms with Crippen LogP contribution in [-0.4, -0.2) is 40.3 Å². The summed E-state index contributed by atoms with van der Waals surface area (Å²) in [5, 5.41) is 8.07. The lowest BCUT2D eigenvalue weighted by molar-refractivity contribution is 0.186. The summed E-state index contributed by atoms with van der Waals surface area (Å²) < 4.78 is 5.92. The van der Waals surface area contributed by atoms with E-state index in [2.05, 4.69) is 10.2 Å². The molecule has 1 fully saturated rings. The molecule has 1 aliphatic rings. The van der Waals surface area contributed by atoms with E-state index >= 15 is 0 Å². The van der Waals surface area contributed by atoms with Crippen LogP contribution in [0.15, 0.2) is 72.8 Å². The van der Waals surface area contributed by atoms with Crippen LogP contribution in [-0.2, 0) is 0 Å². The van der Waals surface area contributed by atoms with Crippen LogP contribution in [0.3, 0.4) is 0 Å². The van der Waals surface area contributed by atoms with E-state index in [1.54, 1.807) is 4.90 Å². The molecule has 1 atom stereocenters. The zero-order valence-electron chi connectivity index (χ0n) is 15.7. The zero-order chi connectivity index (χ0) is 19.3. The molecule has 0 saturated carbocycles. The summed E-state index contributed by atoms with van der Waals surface area (Å²) in [7, 11) is 0. The average Bonchev–Trinajstić information content (AvgIpc) is 3.20. The van der Waals surface area contributed by atoms with Gasteiger partial charge in [-0.2, -0.15) is 5.10 Å². The second-order valence-corrected chi connectivity index (χ2v) is 6.78. The van der Waals surface area contributed by atoms with Crippen molar-refractivity contribution in [1.82, 2.24) is 15.1 Å². The average molecular weight is 374 g/mol. The van der Waals surface area contributed by atoms with Crippen molar-refractivity contribution in [3.05, 3.63) is 78.5 Å². The summed E-state index contributed by atoms with van der Waals surface area (Å²) in [4.78, 5) is 16.9. The molecule has 1 aliphatic heterocycles. The van der Waals surface area contributed by atoms with Gasteiger partial charge in [0.25, 0.3) is 0 Å². The van der Waals surface area contributed by atoms with Gasteiger partial charge in [0.1, 0.15) is 6.10 Å². The van der Waals surface area contributed by atoms with Gasteiger partial charge in [0.05, 0.1) is 23.6 Å². The lowest BCUT2D eigenvalue weighted by Gasteiger charge is -2.28. The van der Waals surface area contributed by atoms with Gasteiger partial charge in [-0.15, -0.1) is 5.10 Å². The molecule has 0 bridgehead atoms. The normalized spacial score (nSPS) is 16.0. The van der Waals surface area contributed by atoms with Crippen molar-refractivity contribution in [2.24, 2.45) is 0 Å². The SMILES string of the molecule is Cc1ccc(OC2CCN(C(=O)N(c3ccccc3)c3ccccc3)C2)nn1.